The Kier molecular flexibility index (Phi) is 4.42. The molecule has 0 fully saturated rings. The molecule has 0 bridgehead atoms. The Balaban J connectivity index is 2.38. The van der Waals surface area contributed by atoms with Crippen LogP contribution in [0.2, 0.25) is 0 Å². The maximum Gasteiger partial charge on any atom is 0.341 e. The van der Waals surface area contributed by atoms with Gasteiger partial charge in [0.2, 0.25) is 0 Å². The van der Waals surface area contributed by atoms with Crippen LogP contribution in [0.1, 0.15) is 22.5 Å². The van der Waals surface area contributed by atoms with E-state index in [0.29, 0.717) is 29.2 Å². The van der Waals surface area contributed by atoms with Crippen molar-refractivity contribution in [3.8, 4) is 5.75 Å². The van der Waals surface area contributed by atoms with Gasteiger partial charge in [-0.05, 0) is 27.4 Å². The number of pyridine rings is 1. The summed E-state index contributed by atoms with van der Waals surface area (Å²) in [5, 5.41) is 9.39. The molecule has 114 valence electrons. The van der Waals surface area contributed by atoms with Gasteiger partial charge in [-0.25, -0.2) is 14.8 Å². The van der Waals surface area contributed by atoms with Crippen molar-refractivity contribution in [1.82, 2.24) is 19.4 Å². The summed E-state index contributed by atoms with van der Waals surface area (Å²) in [5.74, 6) is -0.737. The van der Waals surface area contributed by atoms with Crippen molar-refractivity contribution in [3.05, 3.63) is 17.6 Å². The van der Waals surface area contributed by atoms with E-state index in [9.17, 15) is 9.90 Å². The van der Waals surface area contributed by atoms with Crippen LogP contribution in [0.5, 0.6) is 5.75 Å². The molecule has 0 aliphatic heterocycles. The number of fused-ring (bicyclic) bond motifs is 1. The molecule has 2 rings (SSSR count). The van der Waals surface area contributed by atoms with Crippen molar-refractivity contribution in [2.75, 3.05) is 27.2 Å². The first-order chi connectivity index (χ1) is 9.91. The van der Waals surface area contributed by atoms with Crippen molar-refractivity contribution < 1.29 is 14.6 Å². The van der Waals surface area contributed by atoms with Crippen LogP contribution < -0.4 is 4.74 Å². The minimum absolute atomic E-state index is 0.0889. The summed E-state index contributed by atoms with van der Waals surface area (Å²) in [6, 6.07) is 0. The molecule has 0 saturated heterocycles. The number of hydrogen-bond donors (Lipinski definition) is 1. The molecule has 2 aromatic rings. The minimum Gasteiger partial charge on any atom is -0.490 e. The van der Waals surface area contributed by atoms with Gasteiger partial charge in [0, 0.05) is 13.6 Å². The van der Waals surface area contributed by atoms with E-state index in [-0.39, 0.29) is 5.56 Å². The molecule has 0 amide bonds. The summed E-state index contributed by atoms with van der Waals surface area (Å²) in [5.41, 5.74) is 1.64. The first-order valence-corrected chi connectivity index (χ1v) is 6.74. The quantitative estimate of drug-likeness (QED) is 0.808. The highest BCUT2D eigenvalue weighted by Gasteiger charge is 2.22. The van der Waals surface area contributed by atoms with E-state index in [0.717, 1.165) is 13.0 Å². The lowest BCUT2D eigenvalue weighted by Gasteiger charge is -2.13. The van der Waals surface area contributed by atoms with Crippen LogP contribution in [0.25, 0.3) is 11.2 Å². The maximum absolute atomic E-state index is 11.5. The standard InChI is InChI=1S/C14H20N4O3/c1-9-10(14(19)20)12(21-7-5-6-17(2)3)11-13(16-9)18(4)8-15-11/h8H,5-7H2,1-4H3,(H,19,20). The molecular weight excluding hydrogens is 272 g/mol. The van der Waals surface area contributed by atoms with E-state index < -0.39 is 5.97 Å². The lowest BCUT2D eigenvalue weighted by atomic mass is 10.1. The first-order valence-electron chi connectivity index (χ1n) is 6.74. The SMILES string of the molecule is Cc1nc2c(ncn2C)c(OCCCN(C)C)c1C(=O)O. The molecule has 0 spiro atoms. The van der Waals surface area contributed by atoms with Gasteiger partial charge in [-0.2, -0.15) is 0 Å². The Hall–Kier alpha value is -2.15. The number of aromatic nitrogens is 3. The van der Waals surface area contributed by atoms with Crippen molar-refractivity contribution in [1.29, 1.82) is 0 Å². The Morgan fingerprint density at radius 2 is 2.19 bits per heavy atom. The number of imidazole rings is 1. The second kappa shape index (κ2) is 6.09. The lowest BCUT2D eigenvalue weighted by Crippen LogP contribution is -2.16. The summed E-state index contributed by atoms with van der Waals surface area (Å²) in [7, 11) is 5.78. The smallest absolute Gasteiger partial charge is 0.341 e. The van der Waals surface area contributed by atoms with Gasteiger partial charge in [-0.3, -0.25) is 0 Å². The molecule has 2 aromatic heterocycles. The highest BCUT2D eigenvalue weighted by Crippen LogP contribution is 2.29. The summed E-state index contributed by atoms with van der Waals surface area (Å²) in [6.07, 6.45) is 2.41. The van der Waals surface area contributed by atoms with Crippen LogP contribution in [0.15, 0.2) is 6.33 Å². The zero-order chi connectivity index (χ0) is 15.6. The molecule has 21 heavy (non-hydrogen) atoms. The second-order valence-electron chi connectivity index (χ2n) is 5.24. The number of carboxylic acids is 1. The van der Waals surface area contributed by atoms with Gasteiger partial charge in [0.1, 0.15) is 5.56 Å². The number of carboxylic acid groups (broad SMARTS) is 1. The van der Waals surface area contributed by atoms with Crippen LogP contribution in [0.4, 0.5) is 0 Å². The third-order valence-corrected chi connectivity index (χ3v) is 3.19. The lowest BCUT2D eigenvalue weighted by molar-refractivity contribution is 0.0691. The Morgan fingerprint density at radius 1 is 1.48 bits per heavy atom. The fourth-order valence-corrected chi connectivity index (χ4v) is 2.16. The van der Waals surface area contributed by atoms with Crippen molar-refractivity contribution in [3.63, 3.8) is 0 Å². The van der Waals surface area contributed by atoms with Gasteiger partial charge >= 0.3 is 5.97 Å². The minimum atomic E-state index is -1.05. The average Bonchev–Trinajstić information content (AvgIpc) is 2.75. The number of ether oxygens (including phenoxy) is 1. The number of nitrogens with zero attached hydrogens (tertiary/aromatic N) is 4. The molecule has 0 aromatic carbocycles. The molecule has 0 unspecified atom stereocenters. The maximum atomic E-state index is 11.5. The number of hydrogen-bond acceptors (Lipinski definition) is 5. The van der Waals surface area contributed by atoms with Gasteiger partial charge in [-0.15, -0.1) is 0 Å². The molecule has 0 saturated carbocycles. The van der Waals surface area contributed by atoms with Gasteiger partial charge in [0.05, 0.1) is 18.6 Å². The molecule has 7 heteroatoms. The molecule has 0 aliphatic rings. The normalized spacial score (nSPS) is 11.3. The van der Waals surface area contributed by atoms with Crippen LogP contribution in [0, 0.1) is 6.92 Å². The molecule has 0 radical (unpaired) electrons. The van der Waals surface area contributed by atoms with E-state index in [2.05, 4.69) is 14.9 Å². The number of aryl methyl sites for hydroxylation is 2. The molecular formula is C14H20N4O3. The average molecular weight is 292 g/mol. The summed E-state index contributed by atoms with van der Waals surface area (Å²) in [4.78, 5) is 22.0. The van der Waals surface area contributed by atoms with Crippen LogP contribution in [-0.4, -0.2) is 57.8 Å². The van der Waals surface area contributed by atoms with E-state index in [1.165, 1.54) is 0 Å². The van der Waals surface area contributed by atoms with Crippen LogP contribution in [-0.2, 0) is 7.05 Å². The van der Waals surface area contributed by atoms with E-state index in [1.54, 1.807) is 17.8 Å². The van der Waals surface area contributed by atoms with E-state index in [1.807, 2.05) is 21.1 Å². The predicted octanol–water partition coefficient (Wildman–Crippen LogP) is 1.31. The largest absolute Gasteiger partial charge is 0.490 e. The zero-order valence-corrected chi connectivity index (χ0v) is 12.8. The topological polar surface area (TPSA) is 80.5 Å². The fraction of sp³-hybridized carbons (Fsp3) is 0.500. The number of aromatic carboxylic acids is 1. The number of rotatable bonds is 6. The van der Waals surface area contributed by atoms with E-state index >= 15 is 0 Å². The Labute approximate surface area is 123 Å². The van der Waals surface area contributed by atoms with Crippen LogP contribution >= 0.6 is 0 Å². The number of carbonyl (C=O) groups is 1. The van der Waals surface area contributed by atoms with Gasteiger partial charge in [0.25, 0.3) is 0 Å². The Bertz CT molecular complexity index is 664. The summed E-state index contributed by atoms with van der Waals surface area (Å²) in [6.45, 7) is 2.98. The van der Waals surface area contributed by atoms with Crippen molar-refractivity contribution in [2.45, 2.75) is 13.3 Å². The van der Waals surface area contributed by atoms with Gasteiger partial charge < -0.3 is 19.3 Å². The van der Waals surface area contributed by atoms with E-state index in [4.69, 9.17) is 4.74 Å². The molecule has 2 heterocycles. The Morgan fingerprint density at radius 3 is 2.81 bits per heavy atom. The van der Waals surface area contributed by atoms with Crippen LogP contribution in [0.3, 0.4) is 0 Å². The fourth-order valence-electron chi connectivity index (χ4n) is 2.16. The highest BCUT2D eigenvalue weighted by molar-refractivity contribution is 5.98. The zero-order valence-electron chi connectivity index (χ0n) is 12.8. The monoisotopic (exact) mass is 292 g/mol. The summed E-state index contributed by atoms with van der Waals surface area (Å²) < 4.78 is 7.48. The third-order valence-electron chi connectivity index (χ3n) is 3.19. The summed E-state index contributed by atoms with van der Waals surface area (Å²) >= 11 is 0. The van der Waals surface area contributed by atoms with Gasteiger partial charge in [0.15, 0.2) is 16.9 Å². The van der Waals surface area contributed by atoms with Crippen molar-refractivity contribution in [2.24, 2.45) is 7.05 Å². The first kappa shape index (κ1) is 15.2. The predicted molar refractivity (Wildman–Crippen MR) is 78.9 cm³/mol. The molecule has 7 nitrogen and oxygen atoms in total. The second-order valence-corrected chi connectivity index (χ2v) is 5.24. The van der Waals surface area contributed by atoms with Crippen molar-refractivity contribution >= 4 is 17.1 Å². The van der Waals surface area contributed by atoms with Gasteiger partial charge in [-0.1, -0.05) is 0 Å². The highest BCUT2D eigenvalue weighted by atomic mass is 16.5. The molecule has 0 atom stereocenters. The third kappa shape index (κ3) is 3.13. The molecule has 1 N–H and O–H groups in total. The molecule has 0 aliphatic carbocycles.